The molecule has 1 aliphatic heterocycles. The van der Waals surface area contributed by atoms with Gasteiger partial charge in [0, 0.05) is 43.2 Å². The number of rotatable bonds is 3. The van der Waals surface area contributed by atoms with Gasteiger partial charge in [0.1, 0.15) is 0 Å². The van der Waals surface area contributed by atoms with Gasteiger partial charge in [-0.05, 0) is 30.3 Å². The Morgan fingerprint density at radius 3 is 2.61 bits per heavy atom. The molecule has 1 amide bonds. The second kappa shape index (κ2) is 6.79. The van der Waals surface area contributed by atoms with Gasteiger partial charge in [0.25, 0.3) is 5.91 Å². The second-order valence-corrected chi connectivity index (χ2v) is 8.89. The highest BCUT2D eigenvalue weighted by Crippen LogP contribution is 2.24. The van der Waals surface area contributed by atoms with Crippen LogP contribution >= 0.6 is 0 Å². The predicted molar refractivity (Wildman–Crippen MR) is 106 cm³/mol. The van der Waals surface area contributed by atoms with Gasteiger partial charge in [0.2, 0.25) is 0 Å². The molecule has 8 heteroatoms. The third-order valence-electron chi connectivity index (χ3n) is 4.85. The zero-order valence-electron chi connectivity index (χ0n) is 15.4. The molecule has 4 rings (SSSR count). The number of nitrogens with zero attached hydrogens (tertiary/aromatic N) is 3. The molecule has 2 heterocycles. The molecule has 0 atom stereocenters. The van der Waals surface area contributed by atoms with Gasteiger partial charge in [-0.15, -0.1) is 0 Å². The van der Waals surface area contributed by atoms with E-state index in [1.165, 1.54) is 18.2 Å². The number of sulfone groups is 1. The monoisotopic (exact) mass is 396 g/mol. The molecule has 2 aromatic carbocycles. The maximum atomic E-state index is 13.0. The van der Waals surface area contributed by atoms with Crippen LogP contribution in [0.1, 0.15) is 21.6 Å². The third-order valence-corrected chi connectivity index (χ3v) is 5.96. The fourth-order valence-electron chi connectivity index (χ4n) is 3.32. The van der Waals surface area contributed by atoms with Crippen LogP contribution in [0.5, 0.6) is 0 Å². The minimum Gasteiger partial charge on any atom is -0.398 e. The number of benzene rings is 2. The number of carbonyl (C=O) groups excluding carboxylic acids is 1. The molecule has 0 aliphatic carbocycles. The fourth-order valence-corrected chi connectivity index (χ4v) is 3.97. The van der Waals surface area contributed by atoms with Crippen LogP contribution in [0.15, 0.2) is 59.6 Å². The lowest BCUT2D eigenvalue weighted by molar-refractivity contribution is 0.0735. The summed E-state index contributed by atoms with van der Waals surface area (Å²) in [6, 6.07) is 14.0. The Morgan fingerprint density at radius 1 is 1.14 bits per heavy atom. The van der Waals surface area contributed by atoms with Crippen LogP contribution in [0.25, 0.3) is 5.69 Å². The number of nitrogens with two attached hydrogens (primary N) is 1. The standard InChI is InChI=1S/C20H20N4O3S/c1-28(26,27)16-7-8-18(21)17(11-16)20(25)23-10-9-19-14(12-23)13-24(22-19)15-5-3-2-4-6-15/h2-8,11,13H,9-10,12,21H2,1H3. The normalized spacial score (nSPS) is 14.0. The molecule has 0 spiro atoms. The van der Waals surface area contributed by atoms with E-state index in [9.17, 15) is 13.2 Å². The molecule has 144 valence electrons. The highest BCUT2D eigenvalue weighted by atomic mass is 32.2. The van der Waals surface area contributed by atoms with Gasteiger partial charge in [-0.3, -0.25) is 4.79 Å². The van der Waals surface area contributed by atoms with E-state index in [2.05, 4.69) is 5.10 Å². The minimum absolute atomic E-state index is 0.0830. The second-order valence-electron chi connectivity index (χ2n) is 6.88. The van der Waals surface area contributed by atoms with Gasteiger partial charge in [0.15, 0.2) is 9.84 Å². The van der Waals surface area contributed by atoms with Gasteiger partial charge >= 0.3 is 0 Å². The lowest BCUT2D eigenvalue weighted by Crippen LogP contribution is -2.36. The zero-order valence-corrected chi connectivity index (χ0v) is 16.2. The van der Waals surface area contributed by atoms with Crippen LogP contribution in [-0.4, -0.2) is 41.8 Å². The van der Waals surface area contributed by atoms with Crippen molar-refractivity contribution in [3.8, 4) is 5.69 Å². The lowest BCUT2D eigenvalue weighted by Gasteiger charge is -2.26. The molecule has 0 radical (unpaired) electrons. The Morgan fingerprint density at radius 2 is 1.89 bits per heavy atom. The molecule has 3 aromatic rings. The van der Waals surface area contributed by atoms with E-state index in [1.54, 1.807) is 4.90 Å². The van der Waals surface area contributed by atoms with Gasteiger partial charge in [-0.25, -0.2) is 13.1 Å². The minimum atomic E-state index is -3.42. The number of fused-ring (bicyclic) bond motifs is 1. The molecule has 7 nitrogen and oxygen atoms in total. The molecule has 0 saturated carbocycles. The van der Waals surface area contributed by atoms with Gasteiger partial charge in [-0.2, -0.15) is 5.10 Å². The van der Waals surface area contributed by atoms with Crippen LogP contribution in [0.2, 0.25) is 0 Å². The number of anilines is 1. The van der Waals surface area contributed by atoms with Crippen LogP contribution < -0.4 is 5.73 Å². The maximum absolute atomic E-state index is 13.0. The van der Waals surface area contributed by atoms with E-state index in [1.807, 2.05) is 41.2 Å². The summed E-state index contributed by atoms with van der Waals surface area (Å²) in [5.74, 6) is -0.277. The van der Waals surface area contributed by atoms with Crippen LogP contribution in [0.4, 0.5) is 5.69 Å². The molecule has 1 aromatic heterocycles. The van der Waals surface area contributed by atoms with Crippen LogP contribution in [-0.2, 0) is 22.8 Å². The van der Waals surface area contributed by atoms with Gasteiger partial charge in [-0.1, -0.05) is 18.2 Å². The van der Waals surface area contributed by atoms with Crippen molar-refractivity contribution in [1.82, 2.24) is 14.7 Å². The van der Waals surface area contributed by atoms with Crippen LogP contribution in [0.3, 0.4) is 0 Å². The zero-order chi connectivity index (χ0) is 19.9. The first-order valence-corrected chi connectivity index (χ1v) is 10.7. The van der Waals surface area contributed by atoms with Crippen molar-refractivity contribution in [2.45, 2.75) is 17.9 Å². The Bertz CT molecular complexity index is 1150. The predicted octanol–water partition coefficient (Wildman–Crippen LogP) is 2.06. The summed E-state index contributed by atoms with van der Waals surface area (Å²) in [6.07, 6.45) is 3.67. The van der Waals surface area contributed by atoms with Gasteiger partial charge in [0.05, 0.1) is 21.8 Å². The molecule has 0 unspecified atom stereocenters. The Balaban J connectivity index is 1.61. The Hall–Kier alpha value is -3.13. The number of hydrogen-bond acceptors (Lipinski definition) is 5. The van der Waals surface area contributed by atoms with E-state index in [4.69, 9.17) is 5.73 Å². The lowest BCUT2D eigenvalue weighted by atomic mass is 10.1. The molecular formula is C20H20N4O3S. The smallest absolute Gasteiger partial charge is 0.256 e. The van der Waals surface area contributed by atoms with Crippen LogP contribution in [0, 0.1) is 0 Å². The summed E-state index contributed by atoms with van der Waals surface area (Å²) in [5.41, 5.74) is 9.33. The number of hydrogen-bond donors (Lipinski definition) is 1. The summed E-state index contributed by atoms with van der Waals surface area (Å²) in [5, 5.41) is 4.63. The number of aromatic nitrogens is 2. The van der Waals surface area contributed by atoms with Crippen molar-refractivity contribution >= 4 is 21.4 Å². The van der Waals surface area contributed by atoms with E-state index in [-0.39, 0.29) is 22.1 Å². The molecule has 2 N–H and O–H groups in total. The van der Waals surface area contributed by atoms with Crippen molar-refractivity contribution in [3.63, 3.8) is 0 Å². The van der Waals surface area contributed by atoms with E-state index < -0.39 is 9.84 Å². The van der Waals surface area contributed by atoms with Crippen molar-refractivity contribution in [2.24, 2.45) is 0 Å². The number of carbonyl (C=O) groups is 1. The topological polar surface area (TPSA) is 98.3 Å². The van der Waals surface area contributed by atoms with Crippen molar-refractivity contribution < 1.29 is 13.2 Å². The van der Waals surface area contributed by atoms with E-state index in [0.717, 1.165) is 23.2 Å². The Kier molecular flexibility index (Phi) is 4.43. The summed E-state index contributed by atoms with van der Waals surface area (Å²) < 4.78 is 25.5. The summed E-state index contributed by atoms with van der Waals surface area (Å²) in [4.78, 5) is 14.8. The van der Waals surface area contributed by atoms with E-state index >= 15 is 0 Å². The summed E-state index contributed by atoms with van der Waals surface area (Å²) in [6.45, 7) is 0.906. The molecule has 28 heavy (non-hydrogen) atoms. The third kappa shape index (κ3) is 3.38. The molecule has 0 fully saturated rings. The average Bonchev–Trinajstić information content (AvgIpc) is 3.11. The quantitative estimate of drug-likeness (QED) is 0.683. The number of amides is 1. The average molecular weight is 396 g/mol. The summed E-state index contributed by atoms with van der Waals surface area (Å²) in [7, 11) is -3.42. The highest BCUT2D eigenvalue weighted by Gasteiger charge is 2.26. The van der Waals surface area contributed by atoms with Crippen molar-refractivity contribution in [1.29, 1.82) is 0 Å². The first kappa shape index (κ1) is 18.2. The Labute approximate surface area is 163 Å². The highest BCUT2D eigenvalue weighted by molar-refractivity contribution is 7.90. The summed E-state index contributed by atoms with van der Waals surface area (Å²) >= 11 is 0. The molecule has 0 bridgehead atoms. The first-order chi connectivity index (χ1) is 13.3. The fraction of sp³-hybridized carbons (Fsp3) is 0.200. The molecule has 0 saturated heterocycles. The molecule has 1 aliphatic rings. The maximum Gasteiger partial charge on any atom is 0.256 e. The van der Waals surface area contributed by atoms with Crippen molar-refractivity contribution in [3.05, 3.63) is 71.5 Å². The molecular weight excluding hydrogens is 376 g/mol. The van der Waals surface area contributed by atoms with Crippen molar-refractivity contribution in [2.75, 3.05) is 18.5 Å². The largest absolute Gasteiger partial charge is 0.398 e. The van der Waals surface area contributed by atoms with E-state index in [0.29, 0.717) is 19.5 Å². The number of para-hydroxylation sites is 1. The van der Waals surface area contributed by atoms with Gasteiger partial charge < -0.3 is 10.6 Å². The SMILES string of the molecule is CS(=O)(=O)c1ccc(N)c(C(=O)N2CCc3nn(-c4ccccc4)cc3C2)c1. The number of nitrogen functional groups attached to an aromatic ring is 1. The first-order valence-electron chi connectivity index (χ1n) is 8.84.